The minimum atomic E-state index is -0.349. The molecular weight excluding hydrogens is 532 g/mol. The number of fused-ring (bicyclic) bond motifs is 1. The molecule has 0 aromatic heterocycles. The van der Waals surface area contributed by atoms with Gasteiger partial charge in [-0.15, -0.1) is 0 Å². The predicted molar refractivity (Wildman–Crippen MR) is 165 cm³/mol. The van der Waals surface area contributed by atoms with Crippen molar-refractivity contribution < 1.29 is 0 Å². The van der Waals surface area contributed by atoms with Crippen molar-refractivity contribution in [2.24, 2.45) is 0 Å². The molecule has 0 saturated carbocycles. The van der Waals surface area contributed by atoms with Gasteiger partial charge in [0.25, 0.3) is 66.0 Å². The molecule has 1 atom stereocenters. The first-order chi connectivity index (χ1) is 19.0. The van der Waals surface area contributed by atoms with E-state index in [0.29, 0.717) is 0 Å². The SMILES string of the molecule is [Al][N]([Al])c1ccc(C2(c3ccccc3)CC(c3ccccc3)(c3ccccc3)c3cc([N]([Al])[Al])ccc32)cc1. The molecule has 6 heteroatoms. The summed E-state index contributed by atoms with van der Waals surface area (Å²) >= 11 is 11.0. The van der Waals surface area contributed by atoms with Gasteiger partial charge in [0.2, 0.25) is 0 Å². The van der Waals surface area contributed by atoms with Crippen molar-refractivity contribution in [2.45, 2.75) is 17.3 Å². The first-order valence-electron chi connectivity index (χ1n) is 13.0. The second-order valence-corrected chi connectivity index (χ2v) is 13.6. The smallest absolute Gasteiger partial charge is 0.277 e. The third-order valence-electron chi connectivity index (χ3n) is 8.21. The van der Waals surface area contributed by atoms with Gasteiger partial charge in [0.15, 0.2) is 0 Å². The van der Waals surface area contributed by atoms with Crippen LogP contribution in [0.4, 0.5) is 11.4 Å². The summed E-state index contributed by atoms with van der Waals surface area (Å²) < 4.78 is 4.04. The van der Waals surface area contributed by atoms with Crippen LogP contribution in [0.1, 0.15) is 39.8 Å². The molecule has 0 N–H and O–H groups in total. The molecule has 0 saturated heterocycles. The number of hydrogen-bond acceptors (Lipinski definition) is 2. The molecular formula is C33H24Al4N2. The third kappa shape index (κ3) is 4.56. The summed E-state index contributed by atoms with van der Waals surface area (Å²) in [5, 5.41) is 0. The van der Waals surface area contributed by atoms with Gasteiger partial charge in [-0.25, -0.2) is 0 Å². The average molecular weight is 556 g/mol. The molecule has 2 nitrogen and oxygen atoms in total. The van der Waals surface area contributed by atoms with Crippen LogP contribution in [-0.4, -0.2) is 66.0 Å². The lowest BCUT2D eigenvalue weighted by Gasteiger charge is -2.37. The van der Waals surface area contributed by atoms with Crippen LogP contribution >= 0.6 is 0 Å². The molecule has 5 aromatic carbocycles. The van der Waals surface area contributed by atoms with Crippen molar-refractivity contribution in [1.29, 1.82) is 0 Å². The quantitative estimate of drug-likeness (QED) is 0.248. The zero-order valence-electron chi connectivity index (χ0n) is 21.6. The highest BCUT2D eigenvalue weighted by Crippen LogP contribution is 2.61. The van der Waals surface area contributed by atoms with Crippen LogP contribution < -0.4 is 5.73 Å². The van der Waals surface area contributed by atoms with Gasteiger partial charge in [0, 0.05) is 10.8 Å². The number of benzene rings is 5. The molecule has 39 heavy (non-hydrogen) atoms. The predicted octanol–water partition coefficient (Wildman–Crippen LogP) is 5.71. The van der Waals surface area contributed by atoms with Crippen LogP contribution in [0.2, 0.25) is 0 Å². The molecule has 5 aromatic rings. The third-order valence-corrected chi connectivity index (χ3v) is 9.40. The maximum atomic E-state index is 2.79. The van der Waals surface area contributed by atoms with Gasteiger partial charge in [-0.1, -0.05) is 109 Å². The van der Waals surface area contributed by atoms with Crippen LogP contribution in [0.3, 0.4) is 0 Å². The molecule has 0 spiro atoms. The molecule has 1 aliphatic rings. The zero-order valence-corrected chi connectivity index (χ0v) is 26.2. The van der Waals surface area contributed by atoms with E-state index in [1.54, 1.807) is 0 Å². The second kappa shape index (κ2) is 11.0. The van der Waals surface area contributed by atoms with Gasteiger partial charge in [-0.05, 0) is 75.4 Å². The lowest BCUT2D eigenvalue weighted by atomic mass is 9.64. The fraction of sp³-hybridized carbons (Fsp3) is 0.0909. The van der Waals surface area contributed by atoms with E-state index in [9.17, 15) is 0 Å². The minimum absolute atomic E-state index is 0.346. The Kier molecular flexibility index (Phi) is 7.63. The van der Waals surface area contributed by atoms with Crippen LogP contribution in [0.25, 0.3) is 0 Å². The van der Waals surface area contributed by atoms with Crippen molar-refractivity contribution in [2.75, 3.05) is 5.73 Å². The van der Waals surface area contributed by atoms with E-state index in [1.165, 1.54) is 33.4 Å². The maximum absolute atomic E-state index is 2.79. The zero-order chi connectivity index (χ0) is 27.0. The first-order valence-corrected chi connectivity index (χ1v) is 15.0. The lowest BCUT2D eigenvalue weighted by molar-refractivity contribution is 0.499. The number of anilines is 2. The van der Waals surface area contributed by atoms with Gasteiger partial charge >= 0.3 is 0 Å². The Morgan fingerprint density at radius 2 is 0.795 bits per heavy atom. The second-order valence-electron chi connectivity index (χ2n) is 10.2. The fourth-order valence-corrected chi connectivity index (χ4v) is 7.12. The van der Waals surface area contributed by atoms with Gasteiger partial charge in [0.05, 0.1) is 0 Å². The molecule has 0 amide bonds. The van der Waals surface area contributed by atoms with Crippen molar-refractivity contribution >= 4 is 77.4 Å². The Labute approximate surface area is 265 Å². The highest BCUT2D eigenvalue weighted by molar-refractivity contribution is 6.42. The fourth-order valence-electron chi connectivity index (χ4n) is 6.46. The Morgan fingerprint density at radius 3 is 1.23 bits per heavy atom. The molecule has 0 aliphatic heterocycles. The topological polar surface area (TPSA) is 6.48 Å². The molecule has 178 valence electrons. The van der Waals surface area contributed by atoms with Crippen molar-refractivity contribution in [1.82, 2.24) is 0 Å². The molecule has 0 fully saturated rings. The Hall–Kier alpha value is -2.17. The average Bonchev–Trinajstić information content (AvgIpc) is 3.31. The van der Waals surface area contributed by atoms with Crippen molar-refractivity contribution in [3.8, 4) is 0 Å². The highest BCUT2D eigenvalue weighted by atomic mass is 27.1. The highest BCUT2D eigenvalue weighted by Gasteiger charge is 2.55. The van der Waals surface area contributed by atoms with E-state index in [-0.39, 0.29) is 10.8 Å². The maximum Gasteiger partial charge on any atom is 0.277 e. The summed E-state index contributed by atoms with van der Waals surface area (Å²) in [6.45, 7) is 0. The number of nitrogens with zero attached hydrogens (tertiary/aromatic N) is 2. The van der Waals surface area contributed by atoms with Gasteiger partial charge in [0.1, 0.15) is 0 Å². The Balaban J connectivity index is 1.74. The summed E-state index contributed by atoms with van der Waals surface area (Å²) in [6, 6.07) is 49.2. The molecule has 1 aliphatic carbocycles. The molecule has 6 rings (SSSR count). The van der Waals surface area contributed by atoms with E-state index in [0.717, 1.165) is 17.8 Å². The van der Waals surface area contributed by atoms with E-state index in [4.69, 9.17) is 0 Å². The molecule has 1 unspecified atom stereocenters. The molecule has 8 radical (unpaired) electrons. The van der Waals surface area contributed by atoms with Crippen molar-refractivity contribution in [3.63, 3.8) is 0 Å². The molecule has 0 bridgehead atoms. The Bertz CT molecular complexity index is 1530. The van der Waals surface area contributed by atoms with Crippen LogP contribution in [-0.2, 0) is 10.8 Å². The first kappa shape index (κ1) is 27.0. The standard InChI is InChI=1S/C33H24N2.4Al/c34-28-18-16-27(17-19-28)32(24-10-4-1-5-11-24)23-33(25-12-6-2-7-13-25,26-14-8-3-9-15-26)31-22-29(35)20-21-30(31)32;;;;/h1-22H,23H2;;;;. The summed E-state index contributed by atoms with van der Waals surface area (Å²) in [5.41, 5.74) is 9.49. The van der Waals surface area contributed by atoms with Crippen molar-refractivity contribution in [3.05, 3.63) is 167 Å². The van der Waals surface area contributed by atoms with Crippen LogP contribution in [0, 0.1) is 0 Å². The summed E-state index contributed by atoms with van der Waals surface area (Å²) in [6.07, 6.45) is 0.884. The molecule has 0 heterocycles. The van der Waals surface area contributed by atoms with Gasteiger partial charge in [-0.2, -0.15) is 0 Å². The normalized spacial score (nSPS) is 17.3. The van der Waals surface area contributed by atoms with Gasteiger partial charge in [-0.3, -0.25) is 0 Å². The summed E-state index contributed by atoms with van der Waals surface area (Å²) in [7, 11) is 0. The van der Waals surface area contributed by atoms with Crippen LogP contribution in [0.5, 0.6) is 0 Å². The van der Waals surface area contributed by atoms with E-state index >= 15 is 0 Å². The summed E-state index contributed by atoms with van der Waals surface area (Å²) in [5.74, 6) is 0. The monoisotopic (exact) mass is 556 g/mol. The summed E-state index contributed by atoms with van der Waals surface area (Å²) in [4.78, 5) is 0. The van der Waals surface area contributed by atoms with E-state index in [1.807, 2.05) is 5.73 Å². The Morgan fingerprint density at radius 1 is 0.410 bits per heavy atom. The minimum Gasteiger partial charge on any atom is -0.587 e. The lowest BCUT2D eigenvalue weighted by Crippen LogP contribution is -2.33. The van der Waals surface area contributed by atoms with E-state index in [2.05, 4.69) is 200 Å². The van der Waals surface area contributed by atoms with Gasteiger partial charge < -0.3 is 5.73 Å². The van der Waals surface area contributed by atoms with Crippen LogP contribution in [0.15, 0.2) is 133 Å². The number of rotatable bonds is 6. The number of hydrogen-bond donors (Lipinski definition) is 0. The van der Waals surface area contributed by atoms with E-state index < -0.39 is 0 Å². The largest absolute Gasteiger partial charge is 0.587 e.